The van der Waals surface area contributed by atoms with E-state index in [9.17, 15) is 4.79 Å². The minimum absolute atomic E-state index is 0.0403. The van der Waals surface area contributed by atoms with E-state index in [1.807, 2.05) is 50.4 Å². The minimum Gasteiger partial charge on any atom is -0.369 e. The summed E-state index contributed by atoms with van der Waals surface area (Å²) in [6.07, 6.45) is 3.69. The normalized spacial score (nSPS) is 16.6. The van der Waals surface area contributed by atoms with Crippen molar-refractivity contribution in [3.8, 4) is 5.69 Å². The topological polar surface area (TPSA) is 97.3 Å². The van der Waals surface area contributed by atoms with Gasteiger partial charge in [-0.05, 0) is 26.0 Å². The van der Waals surface area contributed by atoms with Gasteiger partial charge in [-0.1, -0.05) is 18.2 Å². The summed E-state index contributed by atoms with van der Waals surface area (Å²) >= 11 is 0. The van der Waals surface area contributed by atoms with Gasteiger partial charge in [-0.15, -0.1) is 0 Å². The molecular formula is C16H18N6O. The van der Waals surface area contributed by atoms with E-state index >= 15 is 0 Å². The molecule has 0 saturated carbocycles. The molecule has 118 valence electrons. The number of nitrogens with zero attached hydrogens (tertiary/aromatic N) is 3. The number of hydrogen-bond donors (Lipinski definition) is 3. The van der Waals surface area contributed by atoms with Crippen LogP contribution in [0, 0.1) is 6.92 Å². The van der Waals surface area contributed by atoms with Crippen LogP contribution in [-0.2, 0) is 0 Å². The van der Waals surface area contributed by atoms with Crippen molar-refractivity contribution in [2.75, 3.05) is 5.32 Å². The van der Waals surface area contributed by atoms with Gasteiger partial charge in [0.2, 0.25) is 0 Å². The number of para-hydroxylation sites is 1. The maximum Gasteiger partial charge on any atom is 0.317 e. The molecule has 1 aliphatic rings. The lowest BCUT2D eigenvalue weighted by molar-refractivity contribution is 0.259. The standard InChI is InChI=1S/C16H18N6O/c1-10-14(12-8-18-11(2)19-9-12)21-22(15(10)20-16(17)23)13-6-4-3-5-7-13/h3-9,11,18H,1-2H3,(H3,17,20,23). The number of aliphatic imine (C=N–C) groups is 1. The molecule has 2 aromatic rings. The fourth-order valence-electron chi connectivity index (χ4n) is 2.40. The van der Waals surface area contributed by atoms with Crippen molar-refractivity contribution in [1.29, 1.82) is 0 Å². The monoisotopic (exact) mass is 310 g/mol. The van der Waals surface area contributed by atoms with Crippen molar-refractivity contribution in [2.45, 2.75) is 20.0 Å². The first kappa shape index (κ1) is 14.8. The number of allylic oxidation sites excluding steroid dienone is 1. The van der Waals surface area contributed by atoms with Crippen LogP contribution in [0.25, 0.3) is 11.3 Å². The molecule has 0 fully saturated rings. The summed E-state index contributed by atoms with van der Waals surface area (Å²) in [7, 11) is 0. The second-order valence-corrected chi connectivity index (χ2v) is 5.28. The second kappa shape index (κ2) is 5.96. The Labute approximate surface area is 133 Å². The number of nitrogens with two attached hydrogens (primary N) is 1. The lowest BCUT2D eigenvalue weighted by atomic mass is 10.1. The highest BCUT2D eigenvalue weighted by Crippen LogP contribution is 2.27. The Hall–Kier alpha value is -3.09. The molecule has 0 bridgehead atoms. The van der Waals surface area contributed by atoms with Crippen molar-refractivity contribution < 1.29 is 4.79 Å². The molecule has 7 nitrogen and oxygen atoms in total. The Kier molecular flexibility index (Phi) is 3.84. The maximum atomic E-state index is 11.3. The summed E-state index contributed by atoms with van der Waals surface area (Å²) in [4.78, 5) is 15.7. The highest BCUT2D eigenvalue weighted by atomic mass is 16.2. The largest absolute Gasteiger partial charge is 0.369 e. The molecule has 7 heteroatoms. The van der Waals surface area contributed by atoms with Gasteiger partial charge >= 0.3 is 6.03 Å². The van der Waals surface area contributed by atoms with Crippen LogP contribution in [0.4, 0.5) is 10.6 Å². The minimum atomic E-state index is -0.630. The number of carbonyl (C=O) groups is 1. The highest BCUT2D eigenvalue weighted by Gasteiger charge is 2.20. The number of primary amides is 1. The number of benzene rings is 1. The van der Waals surface area contributed by atoms with E-state index in [4.69, 9.17) is 5.73 Å². The lowest BCUT2D eigenvalue weighted by Gasteiger charge is -2.12. The van der Waals surface area contributed by atoms with Gasteiger partial charge < -0.3 is 11.1 Å². The van der Waals surface area contributed by atoms with Crippen LogP contribution in [-0.4, -0.2) is 28.2 Å². The van der Waals surface area contributed by atoms with Gasteiger partial charge in [-0.25, -0.2) is 9.48 Å². The van der Waals surface area contributed by atoms with Crippen molar-refractivity contribution in [3.05, 3.63) is 47.8 Å². The number of amides is 2. The Morgan fingerprint density at radius 2 is 2.09 bits per heavy atom. The van der Waals surface area contributed by atoms with Crippen LogP contribution >= 0.6 is 0 Å². The number of hydrogen-bond acceptors (Lipinski definition) is 4. The summed E-state index contributed by atoms with van der Waals surface area (Å²) in [6, 6.07) is 8.92. The molecule has 2 heterocycles. The molecule has 23 heavy (non-hydrogen) atoms. The Morgan fingerprint density at radius 1 is 1.35 bits per heavy atom. The number of rotatable bonds is 3. The molecule has 1 aromatic heterocycles. The first-order chi connectivity index (χ1) is 11.1. The smallest absolute Gasteiger partial charge is 0.317 e. The van der Waals surface area contributed by atoms with Crippen LogP contribution in [0.1, 0.15) is 18.2 Å². The maximum absolute atomic E-state index is 11.3. The lowest BCUT2D eigenvalue weighted by Crippen LogP contribution is -2.22. The van der Waals surface area contributed by atoms with Gasteiger partial charge in [-0.3, -0.25) is 10.3 Å². The van der Waals surface area contributed by atoms with Crippen LogP contribution in [0.3, 0.4) is 0 Å². The zero-order chi connectivity index (χ0) is 16.4. The molecule has 1 aliphatic heterocycles. The van der Waals surface area contributed by atoms with Gasteiger partial charge in [0.05, 0.1) is 5.69 Å². The second-order valence-electron chi connectivity index (χ2n) is 5.28. The third-order valence-corrected chi connectivity index (χ3v) is 3.56. The van der Waals surface area contributed by atoms with E-state index in [2.05, 4.69) is 20.7 Å². The number of anilines is 1. The summed E-state index contributed by atoms with van der Waals surface area (Å²) in [5, 5.41) is 10.4. The fourth-order valence-corrected chi connectivity index (χ4v) is 2.40. The molecule has 4 N–H and O–H groups in total. The van der Waals surface area contributed by atoms with Crippen LogP contribution in [0.15, 0.2) is 41.5 Å². The fraction of sp³-hybridized carbons (Fsp3) is 0.188. The Balaban J connectivity index is 2.11. The molecule has 2 amide bonds. The third-order valence-electron chi connectivity index (χ3n) is 3.56. The van der Waals surface area contributed by atoms with Crippen LogP contribution in [0.5, 0.6) is 0 Å². The molecule has 0 radical (unpaired) electrons. The van der Waals surface area contributed by atoms with E-state index in [1.54, 1.807) is 10.9 Å². The Bertz CT molecular complexity index is 790. The van der Waals surface area contributed by atoms with Gasteiger partial charge in [0.15, 0.2) is 0 Å². The molecule has 1 atom stereocenters. The third kappa shape index (κ3) is 2.94. The average Bonchev–Trinajstić information content (AvgIpc) is 2.86. The molecule has 0 spiro atoms. The number of carbonyl (C=O) groups excluding carboxylic acids is 1. The van der Waals surface area contributed by atoms with Crippen molar-refractivity contribution in [2.24, 2.45) is 10.7 Å². The van der Waals surface area contributed by atoms with Crippen LogP contribution < -0.4 is 16.4 Å². The summed E-state index contributed by atoms with van der Waals surface area (Å²) in [5.74, 6) is 0.548. The SMILES string of the molecule is Cc1c(C2=CNC(C)N=C2)nn(-c2ccccc2)c1NC(N)=O. The van der Waals surface area contributed by atoms with Gasteiger partial charge in [0, 0.05) is 23.6 Å². The average molecular weight is 310 g/mol. The van der Waals surface area contributed by atoms with Gasteiger partial charge in [-0.2, -0.15) is 5.10 Å². The highest BCUT2D eigenvalue weighted by molar-refractivity contribution is 6.10. The molecule has 3 rings (SSSR count). The first-order valence-corrected chi connectivity index (χ1v) is 7.27. The summed E-state index contributed by atoms with van der Waals surface area (Å²) in [5.41, 5.74) is 8.54. The van der Waals surface area contributed by atoms with Crippen molar-refractivity contribution >= 4 is 23.6 Å². The number of urea groups is 1. The molecule has 1 aromatic carbocycles. The quantitative estimate of drug-likeness (QED) is 0.809. The number of nitrogens with one attached hydrogen (secondary N) is 2. The molecular weight excluding hydrogens is 292 g/mol. The number of aromatic nitrogens is 2. The van der Waals surface area contributed by atoms with E-state index in [-0.39, 0.29) is 6.17 Å². The van der Waals surface area contributed by atoms with E-state index in [0.717, 1.165) is 22.5 Å². The predicted molar refractivity (Wildman–Crippen MR) is 90.6 cm³/mol. The molecule has 0 aliphatic carbocycles. The van der Waals surface area contributed by atoms with Gasteiger partial charge in [0.25, 0.3) is 0 Å². The van der Waals surface area contributed by atoms with E-state index in [1.165, 1.54) is 0 Å². The van der Waals surface area contributed by atoms with Gasteiger partial charge in [0.1, 0.15) is 17.7 Å². The zero-order valence-electron chi connectivity index (χ0n) is 12.9. The molecule has 1 unspecified atom stereocenters. The van der Waals surface area contributed by atoms with Crippen molar-refractivity contribution in [1.82, 2.24) is 15.1 Å². The summed E-state index contributed by atoms with van der Waals surface area (Å²) in [6.45, 7) is 3.85. The van der Waals surface area contributed by atoms with Crippen LogP contribution in [0.2, 0.25) is 0 Å². The van der Waals surface area contributed by atoms with Crippen molar-refractivity contribution in [3.63, 3.8) is 0 Å². The zero-order valence-corrected chi connectivity index (χ0v) is 12.9. The van der Waals surface area contributed by atoms with E-state index < -0.39 is 6.03 Å². The summed E-state index contributed by atoms with van der Waals surface area (Å²) < 4.78 is 1.67. The molecule has 0 saturated heterocycles. The van der Waals surface area contributed by atoms with E-state index in [0.29, 0.717) is 5.82 Å². The first-order valence-electron chi connectivity index (χ1n) is 7.27. The predicted octanol–water partition coefficient (Wildman–Crippen LogP) is 2.03. The Morgan fingerprint density at radius 3 is 2.70 bits per heavy atom.